The van der Waals surface area contributed by atoms with E-state index in [0.29, 0.717) is 38.0 Å². The molecule has 0 amide bonds. The molecule has 0 aromatic carbocycles. The van der Waals surface area contributed by atoms with Gasteiger partial charge in [-0.25, -0.2) is 0 Å². The Labute approximate surface area is 175 Å². The van der Waals surface area contributed by atoms with Crippen molar-refractivity contribution in [2.45, 2.75) is 109 Å². The van der Waals surface area contributed by atoms with Crippen molar-refractivity contribution in [3.8, 4) is 0 Å². The van der Waals surface area contributed by atoms with Gasteiger partial charge in [0.05, 0.1) is 17.8 Å². The van der Waals surface area contributed by atoms with Crippen LogP contribution in [0.15, 0.2) is 12.2 Å². The van der Waals surface area contributed by atoms with Gasteiger partial charge in [0.15, 0.2) is 0 Å². The number of carbonyl (C=O) groups is 1. The second-order valence-electron chi connectivity index (χ2n) is 10.4. The number of rotatable bonds is 4. The van der Waals surface area contributed by atoms with E-state index in [4.69, 9.17) is 9.47 Å². The van der Waals surface area contributed by atoms with Crippen LogP contribution in [0.25, 0.3) is 0 Å². The number of ether oxygens (including phenoxy) is 2. The van der Waals surface area contributed by atoms with Gasteiger partial charge >= 0.3 is 5.97 Å². The Morgan fingerprint density at radius 1 is 1.31 bits per heavy atom. The summed E-state index contributed by atoms with van der Waals surface area (Å²) < 4.78 is 12.7. The zero-order valence-corrected chi connectivity index (χ0v) is 18.8. The van der Waals surface area contributed by atoms with Crippen LogP contribution in [0.5, 0.6) is 0 Å². The van der Waals surface area contributed by atoms with E-state index in [-0.39, 0.29) is 35.9 Å². The average Bonchev–Trinajstić information content (AvgIpc) is 2.61. The van der Waals surface area contributed by atoms with Gasteiger partial charge in [-0.15, -0.1) is 0 Å². The molecule has 1 aliphatic carbocycles. The van der Waals surface area contributed by atoms with Crippen molar-refractivity contribution in [1.82, 2.24) is 0 Å². The van der Waals surface area contributed by atoms with Crippen molar-refractivity contribution in [1.29, 1.82) is 0 Å². The fourth-order valence-corrected chi connectivity index (χ4v) is 6.03. The van der Waals surface area contributed by atoms with E-state index < -0.39 is 17.3 Å². The molecule has 8 atom stereocenters. The lowest BCUT2D eigenvalue weighted by Crippen LogP contribution is -2.63. The lowest BCUT2D eigenvalue weighted by molar-refractivity contribution is -0.261. The van der Waals surface area contributed by atoms with E-state index >= 15 is 0 Å². The van der Waals surface area contributed by atoms with Gasteiger partial charge in [0.1, 0.15) is 11.7 Å². The molecule has 0 unspecified atom stereocenters. The van der Waals surface area contributed by atoms with Crippen molar-refractivity contribution in [2.75, 3.05) is 0 Å². The van der Waals surface area contributed by atoms with Crippen molar-refractivity contribution < 1.29 is 24.5 Å². The molecule has 2 saturated heterocycles. The van der Waals surface area contributed by atoms with Crippen molar-refractivity contribution >= 4 is 5.97 Å². The molecular formula is C24H40O5. The van der Waals surface area contributed by atoms with Crippen LogP contribution in [0.3, 0.4) is 0 Å². The van der Waals surface area contributed by atoms with Crippen molar-refractivity contribution in [2.24, 2.45) is 23.7 Å². The van der Waals surface area contributed by atoms with Gasteiger partial charge in [0.25, 0.3) is 0 Å². The fourth-order valence-electron chi connectivity index (χ4n) is 6.03. The van der Waals surface area contributed by atoms with E-state index in [1.165, 1.54) is 0 Å². The highest BCUT2D eigenvalue weighted by molar-refractivity contribution is 5.69. The highest BCUT2D eigenvalue weighted by Gasteiger charge is 2.58. The molecule has 0 aromatic heterocycles. The fraction of sp³-hybridized carbons (Fsp3) is 0.875. The van der Waals surface area contributed by atoms with E-state index in [2.05, 4.69) is 20.4 Å². The summed E-state index contributed by atoms with van der Waals surface area (Å²) in [5, 5.41) is 21.8. The molecule has 29 heavy (non-hydrogen) atoms. The molecule has 2 aliphatic heterocycles. The largest absolute Gasteiger partial charge is 0.457 e. The highest BCUT2D eigenvalue weighted by atomic mass is 16.6. The maximum atomic E-state index is 12.5. The summed E-state index contributed by atoms with van der Waals surface area (Å²) >= 11 is 0. The minimum Gasteiger partial charge on any atom is -0.457 e. The van der Waals surface area contributed by atoms with Crippen molar-refractivity contribution in [3.63, 3.8) is 0 Å². The van der Waals surface area contributed by atoms with Crippen LogP contribution >= 0.6 is 0 Å². The predicted octanol–water partition coefficient (Wildman–Crippen LogP) is 4.01. The van der Waals surface area contributed by atoms with Crippen LogP contribution in [-0.2, 0) is 14.3 Å². The Balaban J connectivity index is 2.03. The van der Waals surface area contributed by atoms with Gasteiger partial charge in [-0.1, -0.05) is 27.4 Å². The van der Waals surface area contributed by atoms with E-state index in [1.807, 2.05) is 20.8 Å². The Bertz CT molecular complexity index is 627. The van der Waals surface area contributed by atoms with E-state index in [1.54, 1.807) is 0 Å². The van der Waals surface area contributed by atoms with Crippen LogP contribution in [0.2, 0.25) is 0 Å². The first-order valence-electron chi connectivity index (χ1n) is 11.5. The second-order valence-corrected chi connectivity index (χ2v) is 10.4. The average molecular weight is 409 g/mol. The Morgan fingerprint density at radius 3 is 2.62 bits per heavy atom. The molecular weight excluding hydrogens is 368 g/mol. The Kier molecular flexibility index (Phi) is 6.53. The van der Waals surface area contributed by atoms with Gasteiger partial charge in [-0.2, -0.15) is 0 Å². The molecule has 0 radical (unpaired) electrons. The van der Waals surface area contributed by atoms with Crippen LogP contribution in [-0.4, -0.2) is 45.7 Å². The molecule has 3 aliphatic rings. The molecule has 2 heterocycles. The highest BCUT2D eigenvalue weighted by Crippen LogP contribution is 2.53. The zero-order chi connectivity index (χ0) is 21.6. The second kappa shape index (κ2) is 8.32. The van der Waals surface area contributed by atoms with Gasteiger partial charge in [0.2, 0.25) is 0 Å². The third-order valence-corrected chi connectivity index (χ3v) is 7.84. The number of hydrogen-bond acceptors (Lipinski definition) is 5. The first-order valence-corrected chi connectivity index (χ1v) is 11.5. The van der Waals surface area contributed by atoms with Crippen LogP contribution in [0, 0.1) is 23.7 Å². The maximum absolute atomic E-state index is 12.5. The normalized spacial score (nSPS) is 45.3. The summed E-state index contributed by atoms with van der Waals surface area (Å²) in [6.45, 7) is 14.5. The number of carbonyl (C=O) groups excluding carboxylic acids is 1. The van der Waals surface area contributed by atoms with Crippen LogP contribution in [0.4, 0.5) is 0 Å². The number of esters is 1. The summed E-state index contributed by atoms with van der Waals surface area (Å²) in [6, 6.07) is 0. The summed E-state index contributed by atoms with van der Waals surface area (Å²) in [6.07, 6.45) is 3.45. The van der Waals surface area contributed by atoms with Gasteiger partial charge in [-0.3, -0.25) is 4.79 Å². The number of fused-ring (bicyclic) bond motifs is 4. The minimum atomic E-state index is -0.937. The molecule has 2 N–H and O–H groups in total. The smallest absolute Gasteiger partial charge is 0.306 e. The standard InChI is InChI=1S/C24H40O5/c1-7-8-20(26)29-24(6)12-10-19-23(5,27)11-9-16-15(4)18(25)13-17(14(2)3)21(16)22(24)28-19/h14,16-19,21-22,25,27H,4,7-13H2,1-3,5-6H3/t16-,17+,18-,19+,21-,22+,23+,24+/m0/s1. The maximum Gasteiger partial charge on any atom is 0.306 e. The Morgan fingerprint density at radius 2 is 2.00 bits per heavy atom. The van der Waals surface area contributed by atoms with Crippen molar-refractivity contribution in [3.05, 3.63) is 12.2 Å². The number of hydrogen-bond donors (Lipinski definition) is 2. The molecule has 2 bridgehead atoms. The van der Waals surface area contributed by atoms with Crippen LogP contribution < -0.4 is 0 Å². The topological polar surface area (TPSA) is 76.0 Å². The lowest BCUT2D eigenvalue weighted by Gasteiger charge is -2.57. The molecule has 5 nitrogen and oxygen atoms in total. The van der Waals surface area contributed by atoms with Gasteiger partial charge in [-0.05, 0) is 81.6 Å². The zero-order valence-electron chi connectivity index (χ0n) is 18.8. The van der Waals surface area contributed by atoms with E-state index in [0.717, 1.165) is 18.4 Å². The quantitative estimate of drug-likeness (QED) is 0.543. The molecule has 0 spiro atoms. The van der Waals surface area contributed by atoms with Crippen LogP contribution in [0.1, 0.15) is 79.6 Å². The summed E-state index contributed by atoms with van der Waals surface area (Å²) in [4.78, 5) is 12.5. The molecule has 3 rings (SSSR count). The molecule has 0 aromatic rings. The third-order valence-electron chi connectivity index (χ3n) is 7.84. The lowest BCUT2D eigenvalue weighted by atomic mass is 9.57. The third kappa shape index (κ3) is 4.28. The molecule has 5 heteroatoms. The summed E-state index contributed by atoms with van der Waals surface area (Å²) in [7, 11) is 0. The van der Waals surface area contributed by atoms with Gasteiger partial charge < -0.3 is 19.7 Å². The molecule has 166 valence electrons. The summed E-state index contributed by atoms with van der Waals surface area (Å²) in [5.74, 6) is 0.592. The molecule has 1 saturated carbocycles. The SMILES string of the molecule is C=C1[C@@H](O)C[C@H](C(C)C)[C@H]2[C@H]3O[C@H](CC[C@@]3(C)OC(=O)CCC)[C@](C)(O)CC[C@@H]12. The van der Waals surface area contributed by atoms with Gasteiger partial charge in [0, 0.05) is 6.42 Å². The molecule has 3 fully saturated rings. The number of aliphatic hydroxyl groups is 2. The number of aliphatic hydroxyl groups excluding tert-OH is 1. The Hall–Kier alpha value is -0.910. The minimum absolute atomic E-state index is 0.0471. The predicted molar refractivity (Wildman–Crippen MR) is 112 cm³/mol. The monoisotopic (exact) mass is 408 g/mol. The van der Waals surface area contributed by atoms with E-state index in [9.17, 15) is 15.0 Å². The first-order chi connectivity index (χ1) is 13.5. The first kappa shape index (κ1) is 22.8. The summed E-state index contributed by atoms with van der Waals surface area (Å²) in [5.41, 5.74) is -0.819.